The van der Waals surface area contributed by atoms with Gasteiger partial charge < -0.3 is 15.5 Å². The molecule has 0 heterocycles. The number of aliphatic hydroxyl groups is 2. The molecular weight excluding hydrogens is 154 g/mol. The van der Waals surface area contributed by atoms with Crippen molar-refractivity contribution in [3.05, 3.63) is 0 Å². The second kappa shape index (κ2) is 4.80. The molecule has 0 saturated heterocycles. The zero-order chi connectivity index (χ0) is 8.97. The Bertz CT molecular complexity index is 128. The molecule has 3 N–H and O–H groups in total. The normalized spacial score (nSPS) is 32.2. The first-order valence-corrected chi connectivity index (χ1v) is 4.76. The van der Waals surface area contributed by atoms with Gasteiger partial charge in [-0.15, -0.1) is 0 Å². The van der Waals surface area contributed by atoms with E-state index >= 15 is 0 Å². The Labute approximate surface area is 73.8 Å². The van der Waals surface area contributed by atoms with Gasteiger partial charge in [-0.3, -0.25) is 0 Å². The number of hydrogen-bond acceptors (Lipinski definition) is 3. The van der Waals surface area contributed by atoms with Crippen LogP contribution in [0.1, 0.15) is 26.2 Å². The fourth-order valence-corrected chi connectivity index (χ4v) is 1.85. The highest BCUT2D eigenvalue weighted by Crippen LogP contribution is 2.24. The van der Waals surface area contributed by atoms with E-state index in [-0.39, 0.29) is 12.7 Å². The van der Waals surface area contributed by atoms with Crippen LogP contribution in [-0.2, 0) is 0 Å². The monoisotopic (exact) mass is 173 g/mol. The Kier molecular flexibility index (Phi) is 3.98. The standard InChI is InChI=1S/C9H19NO2/c1-7(12)5-10-9-4-2-3-8(9)6-11/h7-12H,2-6H2,1H3. The molecule has 0 radical (unpaired) electrons. The SMILES string of the molecule is CC(O)CNC1CCCC1CO. The largest absolute Gasteiger partial charge is 0.396 e. The molecule has 3 nitrogen and oxygen atoms in total. The summed E-state index contributed by atoms with van der Waals surface area (Å²) in [7, 11) is 0. The molecule has 0 aromatic rings. The van der Waals surface area contributed by atoms with Gasteiger partial charge in [0.2, 0.25) is 0 Å². The molecule has 3 unspecified atom stereocenters. The lowest BCUT2D eigenvalue weighted by molar-refractivity contribution is 0.166. The van der Waals surface area contributed by atoms with Crippen LogP contribution in [0.2, 0.25) is 0 Å². The number of rotatable bonds is 4. The van der Waals surface area contributed by atoms with Gasteiger partial charge in [0.05, 0.1) is 6.10 Å². The minimum atomic E-state index is -0.287. The Morgan fingerprint density at radius 3 is 2.83 bits per heavy atom. The molecule has 72 valence electrons. The molecule has 0 spiro atoms. The quantitative estimate of drug-likeness (QED) is 0.566. The maximum atomic E-state index is 9.05. The van der Waals surface area contributed by atoms with Crippen LogP contribution >= 0.6 is 0 Å². The minimum absolute atomic E-state index is 0.275. The summed E-state index contributed by atoms with van der Waals surface area (Å²) < 4.78 is 0. The van der Waals surface area contributed by atoms with Gasteiger partial charge in [-0.25, -0.2) is 0 Å². The highest BCUT2D eigenvalue weighted by molar-refractivity contribution is 4.82. The fraction of sp³-hybridized carbons (Fsp3) is 1.00. The first kappa shape index (κ1) is 9.96. The van der Waals surface area contributed by atoms with E-state index < -0.39 is 0 Å². The Balaban J connectivity index is 2.21. The summed E-state index contributed by atoms with van der Waals surface area (Å²) >= 11 is 0. The summed E-state index contributed by atoms with van der Waals surface area (Å²) in [6.07, 6.45) is 3.17. The summed E-state index contributed by atoms with van der Waals surface area (Å²) in [6, 6.07) is 0.421. The summed E-state index contributed by atoms with van der Waals surface area (Å²) in [4.78, 5) is 0. The number of nitrogens with one attached hydrogen (secondary N) is 1. The van der Waals surface area contributed by atoms with Crippen molar-refractivity contribution in [2.45, 2.75) is 38.3 Å². The van der Waals surface area contributed by atoms with Crippen molar-refractivity contribution >= 4 is 0 Å². The van der Waals surface area contributed by atoms with Crippen molar-refractivity contribution in [2.75, 3.05) is 13.2 Å². The predicted octanol–water partition coefficient (Wildman–Crippen LogP) is 0.118. The third-order valence-electron chi connectivity index (χ3n) is 2.57. The Morgan fingerprint density at radius 1 is 1.50 bits per heavy atom. The molecule has 3 atom stereocenters. The van der Waals surface area contributed by atoms with Crippen LogP contribution in [0, 0.1) is 5.92 Å². The van der Waals surface area contributed by atoms with Crippen LogP contribution in [0.3, 0.4) is 0 Å². The number of hydrogen-bond donors (Lipinski definition) is 3. The second-order valence-electron chi connectivity index (χ2n) is 3.74. The fourth-order valence-electron chi connectivity index (χ4n) is 1.85. The molecule has 3 heteroatoms. The van der Waals surface area contributed by atoms with Crippen molar-refractivity contribution in [1.29, 1.82) is 0 Å². The predicted molar refractivity (Wildman–Crippen MR) is 47.9 cm³/mol. The third-order valence-corrected chi connectivity index (χ3v) is 2.57. The molecule has 0 aliphatic heterocycles. The lowest BCUT2D eigenvalue weighted by atomic mass is 10.1. The van der Waals surface area contributed by atoms with E-state index in [1.165, 1.54) is 6.42 Å². The average molecular weight is 173 g/mol. The van der Waals surface area contributed by atoms with E-state index in [1.807, 2.05) is 0 Å². The smallest absolute Gasteiger partial charge is 0.0636 e. The average Bonchev–Trinajstić information content (AvgIpc) is 2.47. The van der Waals surface area contributed by atoms with Crippen molar-refractivity contribution in [1.82, 2.24) is 5.32 Å². The van der Waals surface area contributed by atoms with E-state index in [2.05, 4.69) is 5.32 Å². The molecule has 1 fully saturated rings. The van der Waals surface area contributed by atoms with E-state index in [4.69, 9.17) is 10.2 Å². The molecule has 0 amide bonds. The molecule has 1 saturated carbocycles. The van der Waals surface area contributed by atoms with Gasteiger partial charge >= 0.3 is 0 Å². The van der Waals surface area contributed by atoms with Crippen LogP contribution in [0.5, 0.6) is 0 Å². The highest BCUT2D eigenvalue weighted by atomic mass is 16.3. The first-order chi connectivity index (χ1) is 5.74. The van der Waals surface area contributed by atoms with Gasteiger partial charge in [-0.1, -0.05) is 6.42 Å². The first-order valence-electron chi connectivity index (χ1n) is 4.76. The Morgan fingerprint density at radius 2 is 2.25 bits per heavy atom. The summed E-state index contributed by atoms with van der Waals surface area (Å²) in [5.74, 6) is 0.406. The maximum Gasteiger partial charge on any atom is 0.0636 e. The van der Waals surface area contributed by atoms with E-state index in [9.17, 15) is 0 Å². The molecule has 0 aromatic carbocycles. The van der Waals surface area contributed by atoms with Crippen LogP contribution in [0.25, 0.3) is 0 Å². The lowest BCUT2D eigenvalue weighted by Crippen LogP contribution is -2.38. The summed E-state index contributed by atoms with van der Waals surface area (Å²) in [5.41, 5.74) is 0. The molecule has 12 heavy (non-hydrogen) atoms. The van der Waals surface area contributed by atoms with Crippen LogP contribution < -0.4 is 5.32 Å². The molecule has 1 aliphatic carbocycles. The third kappa shape index (κ3) is 2.73. The lowest BCUT2D eigenvalue weighted by Gasteiger charge is -2.19. The van der Waals surface area contributed by atoms with Crippen molar-refractivity contribution in [3.8, 4) is 0 Å². The zero-order valence-electron chi connectivity index (χ0n) is 7.66. The van der Waals surface area contributed by atoms with Crippen LogP contribution in [-0.4, -0.2) is 35.5 Å². The zero-order valence-corrected chi connectivity index (χ0v) is 7.66. The Hall–Kier alpha value is -0.120. The van der Waals surface area contributed by atoms with E-state index in [1.54, 1.807) is 6.92 Å². The second-order valence-corrected chi connectivity index (χ2v) is 3.74. The molecular formula is C9H19NO2. The van der Waals surface area contributed by atoms with Crippen molar-refractivity contribution < 1.29 is 10.2 Å². The molecule has 1 aliphatic rings. The minimum Gasteiger partial charge on any atom is -0.396 e. The van der Waals surface area contributed by atoms with E-state index in [0.29, 0.717) is 18.5 Å². The maximum absolute atomic E-state index is 9.05. The summed E-state index contributed by atoms with van der Waals surface area (Å²) in [5, 5.41) is 21.3. The van der Waals surface area contributed by atoms with Crippen LogP contribution in [0.4, 0.5) is 0 Å². The van der Waals surface area contributed by atoms with Gasteiger partial charge in [-0.05, 0) is 25.7 Å². The highest BCUT2D eigenvalue weighted by Gasteiger charge is 2.25. The van der Waals surface area contributed by atoms with Crippen LogP contribution in [0.15, 0.2) is 0 Å². The van der Waals surface area contributed by atoms with Gasteiger partial charge in [-0.2, -0.15) is 0 Å². The van der Waals surface area contributed by atoms with Gasteiger partial charge in [0.1, 0.15) is 0 Å². The van der Waals surface area contributed by atoms with Crippen molar-refractivity contribution in [2.24, 2.45) is 5.92 Å². The van der Waals surface area contributed by atoms with Gasteiger partial charge in [0.25, 0.3) is 0 Å². The number of aliphatic hydroxyl groups excluding tert-OH is 2. The molecule has 1 rings (SSSR count). The van der Waals surface area contributed by atoms with Gasteiger partial charge in [0.15, 0.2) is 0 Å². The van der Waals surface area contributed by atoms with Crippen molar-refractivity contribution in [3.63, 3.8) is 0 Å². The van der Waals surface area contributed by atoms with E-state index in [0.717, 1.165) is 12.8 Å². The summed E-state index contributed by atoms with van der Waals surface area (Å²) in [6.45, 7) is 2.69. The molecule has 0 aromatic heterocycles. The van der Waals surface area contributed by atoms with Gasteiger partial charge in [0, 0.05) is 19.2 Å². The molecule has 0 bridgehead atoms. The topological polar surface area (TPSA) is 52.5 Å².